The molecule has 3 N–H and O–H groups in total. The third kappa shape index (κ3) is 10.2. The predicted octanol–water partition coefficient (Wildman–Crippen LogP) is 6.89. The molecule has 332 valence electrons. The van der Waals surface area contributed by atoms with E-state index in [4.69, 9.17) is 17.0 Å². The standard InChI is InChI=1S/C45H48F3N7O6S2/c1-26-37(63-25-51-26)28-11-9-27(10-12-28)23-50-39(58)35-21-32(56)24-53(35)40(59)38(43(2,3)4)52-36(57)8-7-19-61-33-17-15-30(16-18-33)55-42(62)54(41(60)44(55,5)6)31-14-13-29(22-49)34(20-31)45(46,47)48/h9-18,20,25,32,35,38,56H,7-8,19,21,23-24H2,1-6H3,(H,50,58)(H,52,57)/t32-,35+,38-/m1/s1. The number of benzene rings is 3. The number of rotatable bonds is 13. The first kappa shape index (κ1) is 46.6. The molecule has 4 aromatic rings. The highest BCUT2D eigenvalue weighted by Gasteiger charge is 2.51. The summed E-state index contributed by atoms with van der Waals surface area (Å²) in [6.07, 6.45) is -5.36. The molecule has 3 heterocycles. The van der Waals surface area contributed by atoms with Crippen LogP contribution in [0.4, 0.5) is 24.5 Å². The maximum Gasteiger partial charge on any atom is 0.417 e. The Morgan fingerprint density at radius 1 is 1.06 bits per heavy atom. The molecule has 0 radical (unpaired) electrons. The zero-order chi connectivity index (χ0) is 46.0. The zero-order valence-corrected chi connectivity index (χ0v) is 37.2. The average molecular weight is 904 g/mol. The van der Waals surface area contributed by atoms with Gasteiger partial charge in [0.15, 0.2) is 5.11 Å². The monoisotopic (exact) mass is 903 g/mol. The first-order valence-corrected chi connectivity index (χ1v) is 21.5. The molecule has 0 bridgehead atoms. The van der Waals surface area contributed by atoms with E-state index in [-0.39, 0.29) is 49.8 Å². The Bertz CT molecular complexity index is 2430. The second-order valence-electron chi connectivity index (χ2n) is 17.0. The van der Waals surface area contributed by atoms with Gasteiger partial charge in [0.05, 0.1) is 51.7 Å². The highest BCUT2D eigenvalue weighted by atomic mass is 32.1. The summed E-state index contributed by atoms with van der Waals surface area (Å²) in [6, 6.07) is 17.0. The fourth-order valence-corrected chi connectivity index (χ4v) is 8.92. The van der Waals surface area contributed by atoms with Crippen LogP contribution in [0.3, 0.4) is 0 Å². The normalized spacial score (nSPS) is 18.0. The van der Waals surface area contributed by atoms with E-state index in [0.29, 0.717) is 11.4 Å². The number of thiocarbonyl (C=S) groups is 1. The van der Waals surface area contributed by atoms with E-state index in [1.165, 1.54) is 21.9 Å². The number of nitrogens with zero attached hydrogens (tertiary/aromatic N) is 5. The van der Waals surface area contributed by atoms with Crippen LogP contribution >= 0.6 is 23.6 Å². The van der Waals surface area contributed by atoms with Gasteiger partial charge < -0.3 is 30.3 Å². The third-order valence-corrected chi connectivity index (χ3v) is 12.3. The van der Waals surface area contributed by atoms with Gasteiger partial charge in [-0.1, -0.05) is 45.0 Å². The predicted molar refractivity (Wildman–Crippen MR) is 236 cm³/mol. The van der Waals surface area contributed by atoms with Gasteiger partial charge in [-0.2, -0.15) is 18.4 Å². The number of aromatic nitrogens is 1. The van der Waals surface area contributed by atoms with Crippen LogP contribution in [0.2, 0.25) is 0 Å². The molecule has 2 aliphatic rings. The number of nitrogens with one attached hydrogen (secondary N) is 2. The Morgan fingerprint density at radius 2 is 1.73 bits per heavy atom. The number of nitriles is 1. The minimum atomic E-state index is -4.82. The molecular weight excluding hydrogens is 856 g/mol. The van der Waals surface area contributed by atoms with Crippen LogP contribution in [0.5, 0.6) is 5.75 Å². The summed E-state index contributed by atoms with van der Waals surface area (Å²) in [4.78, 5) is 63.5. The molecule has 4 amide bonds. The van der Waals surface area contributed by atoms with Crippen molar-refractivity contribution < 1.29 is 42.2 Å². The maximum atomic E-state index is 14.0. The fourth-order valence-electron chi connectivity index (χ4n) is 7.59. The highest BCUT2D eigenvalue weighted by Crippen LogP contribution is 2.40. The number of likely N-dealkylation sites (tertiary alicyclic amines) is 1. The molecule has 0 aliphatic carbocycles. The summed E-state index contributed by atoms with van der Waals surface area (Å²) in [5.74, 6) is -1.39. The summed E-state index contributed by atoms with van der Waals surface area (Å²) >= 11 is 7.17. The molecule has 1 aromatic heterocycles. The van der Waals surface area contributed by atoms with Crippen molar-refractivity contribution in [2.45, 2.75) is 97.3 Å². The van der Waals surface area contributed by atoms with Crippen LogP contribution in [-0.2, 0) is 31.9 Å². The van der Waals surface area contributed by atoms with Crippen molar-refractivity contribution in [3.63, 3.8) is 0 Å². The quantitative estimate of drug-likeness (QED) is 0.0950. The number of amides is 4. The van der Waals surface area contributed by atoms with Crippen LogP contribution in [-0.4, -0.2) is 80.6 Å². The van der Waals surface area contributed by atoms with Crippen LogP contribution < -0.4 is 25.2 Å². The van der Waals surface area contributed by atoms with E-state index in [2.05, 4.69) is 15.6 Å². The third-order valence-electron chi connectivity index (χ3n) is 11.0. The van der Waals surface area contributed by atoms with Gasteiger partial charge in [0.25, 0.3) is 5.91 Å². The summed E-state index contributed by atoms with van der Waals surface area (Å²) < 4.78 is 47.1. The van der Waals surface area contributed by atoms with Crippen molar-refractivity contribution in [2.24, 2.45) is 5.41 Å². The Hall–Kier alpha value is -5.90. The van der Waals surface area contributed by atoms with Crippen molar-refractivity contribution in [2.75, 3.05) is 23.0 Å². The fraction of sp³-hybridized carbons (Fsp3) is 0.400. The second-order valence-corrected chi connectivity index (χ2v) is 18.3. The molecule has 0 spiro atoms. The summed E-state index contributed by atoms with van der Waals surface area (Å²) in [6.45, 7) is 10.9. The van der Waals surface area contributed by atoms with Crippen LogP contribution in [0.25, 0.3) is 10.4 Å². The number of ether oxygens (including phenoxy) is 1. The summed E-state index contributed by atoms with van der Waals surface area (Å²) in [7, 11) is 0. The van der Waals surface area contributed by atoms with Gasteiger partial charge in [-0.25, -0.2) is 4.98 Å². The molecule has 3 atom stereocenters. The lowest BCUT2D eigenvalue weighted by Gasteiger charge is -2.35. The van der Waals surface area contributed by atoms with Gasteiger partial charge in [0.1, 0.15) is 23.4 Å². The van der Waals surface area contributed by atoms with E-state index in [0.717, 1.165) is 38.7 Å². The van der Waals surface area contributed by atoms with Gasteiger partial charge in [-0.3, -0.25) is 24.1 Å². The van der Waals surface area contributed by atoms with Gasteiger partial charge in [0.2, 0.25) is 17.7 Å². The number of thiazole rings is 1. The van der Waals surface area contributed by atoms with Crippen LogP contribution in [0.1, 0.15) is 76.3 Å². The SMILES string of the molecule is Cc1ncsc1-c1ccc(CNC(=O)[C@@H]2C[C@@H](O)CN2C(=O)[C@@H](NC(=O)CCCOc2ccc(N3C(=S)N(c4ccc(C#N)c(C(F)(F)F)c4)C(=O)C3(C)C)cc2)C(C)(C)C)cc1. The molecule has 13 nitrogen and oxygen atoms in total. The molecule has 18 heteroatoms. The zero-order valence-electron chi connectivity index (χ0n) is 35.6. The number of alkyl halides is 3. The smallest absolute Gasteiger partial charge is 0.417 e. The molecule has 0 unspecified atom stereocenters. The minimum absolute atomic E-state index is 0.0193. The summed E-state index contributed by atoms with van der Waals surface area (Å²) in [5.41, 5.74) is 1.23. The number of anilines is 2. The van der Waals surface area contributed by atoms with Crippen LogP contribution in [0, 0.1) is 23.7 Å². The number of hydrogen-bond acceptors (Lipinski definition) is 10. The molecule has 2 aliphatic heterocycles. The van der Waals surface area contributed by atoms with E-state index >= 15 is 0 Å². The van der Waals surface area contributed by atoms with Crippen molar-refractivity contribution in [1.82, 2.24) is 20.5 Å². The molecular formula is C45H48F3N7O6S2. The van der Waals surface area contributed by atoms with E-state index < -0.39 is 70.1 Å². The Kier molecular flexibility index (Phi) is 13.6. The van der Waals surface area contributed by atoms with Gasteiger partial charge in [0, 0.05) is 31.6 Å². The number of carbonyl (C=O) groups is 4. The Morgan fingerprint density at radius 3 is 2.33 bits per heavy atom. The molecule has 0 saturated carbocycles. The average Bonchev–Trinajstić information content (AvgIpc) is 3.89. The lowest BCUT2D eigenvalue weighted by Crippen LogP contribution is -2.57. The van der Waals surface area contributed by atoms with Crippen molar-refractivity contribution in [3.05, 3.63) is 94.6 Å². The largest absolute Gasteiger partial charge is 0.494 e. The van der Waals surface area contributed by atoms with Gasteiger partial charge >= 0.3 is 6.18 Å². The Balaban J connectivity index is 1.02. The highest BCUT2D eigenvalue weighted by molar-refractivity contribution is 7.81. The maximum absolute atomic E-state index is 14.0. The number of β-amino-alcohol motifs (C(OH)–C–C–N with tert-alkyl or cyclic N) is 1. The van der Waals surface area contributed by atoms with E-state index in [9.17, 15) is 42.7 Å². The lowest BCUT2D eigenvalue weighted by atomic mass is 9.85. The van der Waals surface area contributed by atoms with Gasteiger partial charge in [-0.05, 0) is 98.4 Å². The van der Waals surface area contributed by atoms with Crippen LogP contribution in [0.15, 0.2) is 72.2 Å². The lowest BCUT2D eigenvalue weighted by molar-refractivity contribution is -0.144. The number of carbonyl (C=O) groups excluding carboxylic acids is 4. The number of halogens is 3. The number of aliphatic hydroxyl groups excluding tert-OH is 1. The second kappa shape index (κ2) is 18.4. The molecule has 63 heavy (non-hydrogen) atoms. The molecule has 3 aromatic carbocycles. The number of aryl methyl sites for hydroxylation is 1. The van der Waals surface area contributed by atoms with E-state index in [1.807, 2.05) is 52.0 Å². The van der Waals surface area contributed by atoms with E-state index in [1.54, 1.807) is 55.0 Å². The summed E-state index contributed by atoms with van der Waals surface area (Å²) in [5, 5.41) is 25.5. The Labute approximate surface area is 372 Å². The minimum Gasteiger partial charge on any atom is -0.494 e. The van der Waals surface area contributed by atoms with Crippen molar-refractivity contribution in [1.29, 1.82) is 5.26 Å². The molecule has 6 rings (SSSR count). The van der Waals surface area contributed by atoms with Crippen molar-refractivity contribution >= 4 is 63.7 Å². The van der Waals surface area contributed by atoms with Crippen molar-refractivity contribution in [3.8, 4) is 22.3 Å². The molecule has 2 saturated heterocycles. The number of hydrogen-bond donors (Lipinski definition) is 3. The number of aliphatic hydroxyl groups is 1. The molecule has 2 fully saturated rings. The first-order chi connectivity index (χ1) is 29.6. The topological polar surface area (TPSA) is 168 Å². The first-order valence-electron chi connectivity index (χ1n) is 20.2. The van der Waals surface area contributed by atoms with Gasteiger partial charge in [-0.15, -0.1) is 11.3 Å².